The molecule has 1 amide bonds. The Morgan fingerprint density at radius 3 is 2.30 bits per heavy atom. The van der Waals surface area contributed by atoms with E-state index in [0.717, 1.165) is 19.3 Å². The molecule has 0 heterocycles. The van der Waals surface area contributed by atoms with Crippen LogP contribution in [0.3, 0.4) is 0 Å². The van der Waals surface area contributed by atoms with Gasteiger partial charge in [-0.15, -0.1) is 0 Å². The number of hydrogen-bond donors (Lipinski definition) is 3. The highest BCUT2D eigenvalue weighted by atomic mass is 16.3. The van der Waals surface area contributed by atoms with Crippen molar-refractivity contribution in [3.63, 3.8) is 0 Å². The summed E-state index contributed by atoms with van der Waals surface area (Å²) in [6, 6.07) is 3.33. The molecule has 5 rings (SSSR count). The lowest BCUT2D eigenvalue weighted by Gasteiger charge is -2.57. The van der Waals surface area contributed by atoms with Crippen LogP contribution in [0.2, 0.25) is 0 Å². The zero-order valence-corrected chi connectivity index (χ0v) is 23.0. The van der Waals surface area contributed by atoms with Crippen LogP contribution >= 0.6 is 0 Å². The van der Waals surface area contributed by atoms with Crippen molar-refractivity contribution in [2.45, 2.75) is 63.0 Å². The summed E-state index contributed by atoms with van der Waals surface area (Å²) < 4.78 is 0. The summed E-state index contributed by atoms with van der Waals surface area (Å²) in [5.74, 6) is -13.2. The molecule has 3 fully saturated rings. The number of aromatic hydroxyl groups is 1. The molecule has 0 radical (unpaired) electrons. The molecule has 8 atom stereocenters. The van der Waals surface area contributed by atoms with Crippen LogP contribution in [0.15, 0.2) is 18.2 Å². The number of aliphatic hydroxyl groups is 1. The first-order chi connectivity index (χ1) is 18.8. The average molecular weight is 553 g/mol. The zero-order chi connectivity index (χ0) is 29.3. The molecule has 4 aliphatic carbocycles. The number of phenols is 1. The zero-order valence-electron chi connectivity index (χ0n) is 23.0. The van der Waals surface area contributed by atoms with Crippen molar-refractivity contribution in [1.29, 1.82) is 0 Å². The minimum Gasteiger partial charge on any atom is -0.507 e. The Morgan fingerprint density at radius 2 is 1.70 bits per heavy atom. The number of fused-ring (bicyclic) bond motifs is 3. The van der Waals surface area contributed by atoms with E-state index in [1.807, 2.05) is 0 Å². The topological polar surface area (TPSA) is 172 Å². The molecule has 0 saturated heterocycles. The van der Waals surface area contributed by atoms with Gasteiger partial charge in [0.2, 0.25) is 5.91 Å². The lowest BCUT2D eigenvalue weighted by molar-refractivity contribution is -0.190. The highest BCUT2D eigenvalue weighted by molar-refractivity contribution is 6.32. The van der Waals surface area contributed by atoms with Gasteiger partial charge in [0, 0.05) is 18.3 Å². The van der Waals surface area contributed by atoms with Gasteiger partial charge in [0.1, 0.15) is 11.5 Å². The molecule has 0 bridgehead atoms. The third-order valence-electron chi connectivity index (χ3n) is 10.0. The first-order valence-corrected chi connectivity index (χ1v) is 14.0. The van der Waals surface area contributed by atoms with Crippen molar-refractivity contribution in [1.82, 2.24) is 4.90 Å². The van der Waals surface area contributed by atoms with Crippen LogP contribution < -0.4 is 5.73 Å². The summed E-state index contributed by atoms with van der Waals surface area (Å²) >= 11 is 0. The molecule has 4 N–H and O–H groups in total. The van der Waals surface area contributed by atoms with E-state index in [1.54, 1.807) is 19.1 Å². The third kappa shape index (κ3) is 3.90. The number of nitrogens with zero attached hydrogens (tertiary/aromatic N) is 1. The van der Waals surface area contributed by atoms with Crippen LogP contribution in [0.25, 0.3) is 0 Å². The van der Waals surface area contributed by atoms with Gasteiger partial charge >= 0.3 is 0 Å². The second kappa shape index (κ2) is 9.99. The number of benzene rings is 1. The molecule has 0 aromatic heterocycles. The number of carbonyl (C=O) groups excluding carboxylic acids is 6. The molecule has 3 saturated carbocycles. The summed E-state index contributed by atoms with van der Waals surface area (Å²) in [5.41, 5.74) is 3.00. The molecular weight excluding hydrogens is 516 g/mol. The molecule has 1 aromatic carbocycles. The number of hydrogen-bond acceptors (Lipinski definition) is 9. The summed E-state index contributed by atoms with van der Waals surface area (Å²) in [5, 5.41) is 22.7. The third-order valence-corrected chi connectivity index (χ3v) is 10.0. The van der Waals surface area contributed by atoms with Crippen LogP contribution in [0, 0.1) is 35.5 Å². The van der Waals surface area contributed by atoms with Gasteiger partial charge in [-0.25, -0.2) is 0 Å². The molecule has 8 unspecified atom stereocenters. The van der Waals surface area contributed by atoms with Gasteiger partial charge < -0.3 is 15.9 Å². The molecule has 0 spiro atoms. The van der Waals surface area contributed by atoms with Gasteiger partial charge in [0.05, 0.1) is 17.5 Å². The minimum atomic E-state index is -2.89. The van der Waals surface area contributed by atoms with E-state index in [9.17, 15) is 39.0 Å². The predicted molar refractivity (Wildman–Crippen MR) is 141 cm³/mol. The molecule has 0 aliphatic heterocycles. The van der Waals surface area contributed by atoms with Gasteiger partial charge in [-0.05, 0) is 56.3 Å². The smallest absolute Gasteiger partial charge is 0.235 e. The highest BCUT2D eigenvalue weighted by Crippen LogP contribution is 2.58. The summed E-state index contributed by atoms with van der Waals surface area (Å²) in [6.07, 6.45) is 4.11. The van der Waals surface area contributed by atoms with Gasteiger partial charge in [-0.3, -0.25) is 33.7 Å². The van der Waals surface area contributed by atoms with E-state index in [0.29, 0.717) is 18.4 Å². The van der Waals surface area contributed by atoms with Crippen LogP contribution in [-0.4, -0.2) is 75.7 Å². The van der Waals surface area contributed by atoms with Crippen LogP contribution in [0.1, 0.15) is 67.3 Å². The summed E-state index contributed by atoms with van der Waals surface area (Å²) in [4.78, 5) is 83.1. The van der Waals surface area contributed by atoms with E-state index in [4.69, 9.17) is 5.73 Å². The van der Waals surface area contributed by atoms with E-state index in [-0.39, 0.29) is 29.4 Å². The molecule has 10 nitrogen and oxygen atoms in total. The van der Waals surface area contributed by atoms with Crippen molar-refractivity contribution >= 4 is 34.8 Å². The number of nitrogens with two attached hydrogens (primary N) is 1. The number of carbonyl (C=O) groups is 6. The van der Waals surface area contributed by atoms with Crippen molar-refractivity contribution < 1.29 is 39.0 Å². The second-order valence-corrected chi connectivity index (χ2v) is 12.3. The van der Waals surface area contributed by atoms with Crippen LogP contribution in [0.4, 0.5) is 0 Å². The fraction of sp³-hybridized carbons (Fsp3) is 0.600. The maximum absolute atomic E-state index is 14.2. The van der Waals surface area contributed by atoms with Crippen molar-refractivity contribution in [2.75, 3.05) is 14.1 Å². The first kappa shape index (κ1) is 28.3. The van der Waals surface area contributed by atoms with E-state index in [1.165, 1.54) is 25.1 Å². The predicted octanol–water partition coefficient (Wildman–Crippen LogP) is 1.19. The Balaban J connectivity index is 1.73. The van der Waals surface area contributed by atoms with E-state index >= 15 is 0 Å². The van der Waals surface area contributed by atoms with Crippen molar-refractivity contribution in [2.24, 2.45) is 41.2 Å². The Bertz CT molecular complexity index is 1310. The molecule has 1 aromatic rings. The Kier molecular flexibility index (Phi) is 7.07. The number of ketones is 5. The quantitative estimate of drug-likeness (QED) is 0.454. The number of amides is 1. The standard InChI is InChI=1S/C30H36N2O8/c1-13-15-10-7-11-17(33)20(15)25(35)21-19(13)16(12-18(34)14-8-5-4-6-9-14)23-24(32(2)3)26(36)22(29(31)39)28(38)30(23,40)27(21)37/h7,10-11,13-14,16,19,21-24,33,40H,4-6,8-9,12H2,1-3H3,(H2,31,39). The van der Waals surface area contributed by atoms with Crippen molar-refractivity contribution in [3.8, 4) is 5.75 Å². The lowest BCUT2D eigenvalue weighted by atomic mass is 9.46. The lowest BCUT2D eigenvalue weighted by Crippen LogP contribution is -2.76. The fourth-order valence-electron chi connectivity index (χ4n) is 8.27. The largest absolute Gasteiger partial charge is 0.507 e. The first-order valence-electron chi connectivity index (χ1n) is 14.0. The van der Waals surface area contributed by atoms with Gasteiger partial charge in [-0.1, -0.05) is 38.3 Å². The Labute approximate surface area is 232 Å². The van der Waals surface area contributed by atoms with Crippen LogP contribution in [-0.2, 0) is 24.0 Å². The maximum Gasteiger partial charge on any atom is 0.235 e. The normalized spacial score (nSPS) is 36.2. The highest BCUT2D eigenvalue weighted by Gasteiger charge is 2.72. The Morgan fingerprint density at radius 1 is 1.05 bits per heavy atom. The molecule has 214 valence electrons. The summed E-state index contributed by atoms with van der Waals surface area (Å²) in [6.45, 7) is 1.79. The Hall–Kier alpha value is -3.24. The SMILES string of the molecule is CC1c2cccc(O)c2C(=O)C2C(=O)C3(O)C(=O)C(C(N)=O)C(=O)C(N(C)C)C3C(CC(=O)C3CCCCC3)C21. The minimum absolute atomic E-state index is 0.0565. The molecular formula is C30H36N2O8. The van der Waals surface area contributed by atoms with Crippen molar-refractivity contribution in [3.05, 3.63) is 29.3 Å². The number of primary amides is 1. The van der Waals surface area contributed by atoms with E-state index < -0.39 is 76.2 Å². The number of Topliss-reactive ketones (excluding diaryl/α,β-unsaturated/α-hetero) is 5. The van der Waals surface area contributed by atoms with Gasteiger partial charge in [0.25, 0.3) is 0 Å². The van der Waals surface area contributed by atoms with Gasteiger partial charge in [0.15, 0.2) is 34.7 Å². The second-order valence-electron chi connectivity index (χ2n) is 12.3. The monoisotopic (exact) mass is 552 g/mol. The fourth-order valence-corrected chi connectivity index (χ4v) is 8.27. The molecule has 10 heteroatoms. The maximum atomic E-state index is 14.2. The number of phenolic OH excluding ortho intramolecular Hbond substituents is 1. The van der Waals surface area contributed by atoms with Crippen LogP contribution in [0.5, 0.6) is 5.75 Å². The average Bonchev–Trinajstić information content (AvgIpc) is 2.90. The molecule has 4 aliphatic rings. The summed E-state index contributed by atoms with van der Waals surface area (Å²) in [7, 11) is 3.08. The number of rotatable bonds is 5. The number of likely N-dealkylation sites (N-methyl/N-ethyl adjacent to an activating group) is 1. The van der Waals surface area contributed by atoms with E-state index in [2.05, 4.69) is 0 Å². The molecule has 40 heavy (non-hydrogen) atoms. The van der Waals surface area contributed by atoms with Gasteiger partial charge in [-0.2, -0.15) is 0 Å².